The largest absolute Gasteiger partial charge is 0.364 e. The number of nitrogens with two attached hydrogens (primary N) is 1. The van der Waals surface area contributed by atoms with Crippen LogP contribution in [0.1, 0.15) is 55.1 Å². The Kier molecular flexibility index (Phi) is 7.38. The monoisotopic (exact) mass is 497 g/mol. The SMILES string of the molecule is C=CCSc1ncccc1C(=O)N1CCC(c2nc(C(=O)Nc3nc[nH]c3C(N)=O)cs2)CC1. The summed E-state index contributed by atoms with van der Waals surface area (Å²) >= 11 is 2.90. The number of rotatable bonds is 8. The van der Waals surface area contributed by atoms with Crippen LogP contribution in [-0.4, -0.2) is 61.4 Å². The van der Waals surface area contributed by atoms with Gasteiger partial charge in [-0.2, -0.15) is 0 Å². The maximum atomic E-state index is 13.1. The van der Waals surface area contributed by atoms with Gasteiger partial charge in [-0.05, 0) is 25.0 Å². The van der Waals surface area contributed by atoms with Crippen molar-refractivity contribution in [2.24, 2.45) is 5.73 Å². The maximum absolute atomic E-state index is 13.1. The van der Waals surface area contributed by atoms with Crippen LogP contribution in [0.15, 0.2) is 47.7 Å². The molecule has 4 heterocycles. The molecule has 3 aromatic heterocycles. The maximum Gasteiger partial charge on any atom is 0.276 e. The van der Waals surface area contributed by atoms with Crippen molar-refractivity contribution in [1.29, 1.82) is 0 Å². The van der Waals surface area contributed by atoms with Crippen molar-refractivity contribution in [2.45, 2.75) is 23.8 Å². The number of hydrogen-bond donors (Lipinski definition) is 3. The number of likely N-dealkylation sites (tertiary alicyclic amines) is 1. The fourth-order valence-electron chi connectivity index (χ4n) is 3.63. The van der Waals surface area contributed by atoms with E-state index in [-0.39, 0.29) is 29.0 Å². The first kappa shape index (κ1) is 23.6. The molecule has 1 saturated heterocycles. The number of carbonyl (C=O) groups excluding carboxylic acids is 3. The topological polar surface area (TPSA) is 147 Å². The number of thiazole rings is 1. The van der Waals surface area contributed by atoms with Gasteiger partial charge in [0, 0.05) is 36.3 Å². The van der Waals surface area contributed by atoms with E-state index < -0.39 is 11.8 Å². The molecule has 0 radical (unpaired) electrons. The van der Waals surface area contributed by atoms with Crippen molar-refractivity contribution in [3.8, 4) is 0 Å². The molecule has 4 N–H and O–H groups in total. The Morgan fingerprint density at radius 3 is 2.85 bits per heavy atom. The lowest BCUT2D eigenvalue weighted by Gasteiger charge is -2.31. The molecule has 10 nitrogen and oxygen atoms in total. The molecule has 12 heteroatoms. The number of hydrogen-bond acceptors (Lipinski definition) is 8. The first-order valence-electron chi connectivity index (χ1n) is 10.6. The highest BCUT2D eigenvalue weighted by atomic mass is 32.2. The van der Waals surface area contributed by atoms with Crippen LogP contribution in [0, 0.1) is 0 Å². The minimum absolute atomic E-state index is 0.0263. The van der Waals surface area contributed by atoms with Gasteiger partial charge in [0.05, 0.1) is 16.9 Å². The Morgan fingerprint density at radius 1 is 1.32 bits per heavy atom. The van der Waals surface area contributed by atoms with Gasteiger partial charge in [-0.1, -0.05) is 6.08 Å². The molecule has 4 rings (SSSR count). The Labute approximate surface area is 204 Å². The summed E-state index contributed by atoms with van der Waals surface area (Å²) < 4.78 is 0. The summed E-state index contributed by atoms with van der Waals surface area (Å²) in [5.41, 5.74) is 6.14. The highest BCUT2D eigenvalue weighted by Crippen LogP contribution is 2.32. The molecule has 1 fully saturated rings. The number of imidazole rings is 1. The summed E-state index contributed by atoms with van der Waals surface area (Å²) in [4.78, 5) is 54.2. The van der Waals surface area contributed by atoms with E-state index >= 15 is 0 Å². The Morgan fingerprint density at radius 2 is 2.12 bits per heavy atom. The van der Waals surface area contributed by atoms with Crippen LogP contribution in [-0.2, 0) is 0 Å². The molecule has 1 aliphatic rings. The molecule has 0 atom stereocenters. The standard InChI is InChI=1S/C22H23N7O3S2/c1-2-10-33-21-14(4-3-7-24-21)22(32)29-8-5-13(6-9-29)20-27-15(11-34-20)19(31)28-18-16(17(23)30)25-12-26-18/h2-4,7,11-13H,1,5-6,8-10H2,(H2,23,30)(H,25,26)(H,28,31). The molecule has 34 heavy (non-hydrogen) atoms. The van der Waals surface area contributed by atoms with Crippen molar-refractivity contribution in [3.63, 3.8) is 0 Å². The number of thioether (sulfide) groups is 1. The van der Waals surface area contributed by atoms with Crippen molar-refractivity contribution < 1.29 is 14.4 Å². The predicted octanol–water partition coefficient (Wildman–Crippen LogP) is 2.91. The number of nitrogens with zero attached hydrogens (tertiary/aromatic N) is 4. The van der Waals surface area contributed by atoms with Crippen LogP contribution in [0.3, 0.4) is 0 Å². The summed E-state index contributed by atoms with van der Waals surface area (Å²) in [5, 5.41) is 5.79. The number of pyridine rings is 1. The quantitative estimate of drug-likeness (QED) is 0.320. The van der Waals surface area contributed by atoms with Crippen LogP contribution in [0.5, 0.6) is 0 Å². The molecular weight excluding hydrogens is 474 g/mol. The number of primary amides is 1. The van der Waals surface area contributed by atoms with Gasteiger partial charge in [-0.15, -0.1) is 29.7 Å². The second-order valence-corrected chi connectivity index (χ2v) is 9.44. The molecule has 3 amide bonds. The van der Waals surface area contributed by atoms with Crippen molar-refractivity contribution in [1.82, 2.24) is 24.8 Å². The van der Waals surface area contributed by atoms with E-state index in [1.54, 1.807) is 23.7 Å². The fraction of sp³-hybridized carbons (Fsp3) is 0.273. The number of carbonyl (C=O) groups is 3. The van der Waals surface area contributed by atoms with Crippen LogP contribution < -0.4 is 11.1 Å². The third-order valence-electron chi connectivity index (χ3n) is 5.34. The van der Waals surface area contributed by atoms with Gasteiger partial charge >= 0.3 is 0 Å². The summed E-state index contributed by atoms with van der Waals surface area (Å²) in [7, 11) is 0. The lowest BCUT2D eigenvalue weighted by atomic mass is 9.97. The van der Waals surface area contributed by atoms with E-state index in [1.807, 2.05) is 11.0 Å². The van der Waals surface area contributed by atoms with E-state index in [2.05, 4.69) is 31.8 Å². The molecular formula is C22H23N7O3S2. The zero-order valence-electron chi connectivity index (χ0n) is 18.2. The third kappa shape index (κ3) is 5.18. The minimum atomic E-state index is -0.717. The number of aromatic amines is 1. The minimum Gasteiger partial charge on any atom is -0.364 e. The second kappa shape index (κ2) is 10.6. The lowest BCUT2D eigenvalue weighted by Crippen LogP contribution is -2.38. The number of aromatic nitrogens is 4. The van der Waals surface area contributed by atoms with Gasteiger partial charge in [0.25, 0.3) is 17.7 Å². The first-order chi connectivity index (χ1) is 16.5. The third-order valence-corrected chi connectivity index (χ3v) is 7.35. The van der Waals surface area contributed by atoms with E-state index in [1.165, 1.54) is 29.4 Å². The molecule has 1 aliphatic heterocycles. The molecule has 3 aromatic rings. The fourth-order valence-corrected chi connectivity index (χ4v) is 5.33. The van der Waals surface area contributed by atoms with E-state index in [0.717, 1.165) is 17.8 Å². The Balaban J connectivity index is 1.37. The van der Waals surface area contributed by atoms with Gasteiger partial charge < -0.3 is 20.9 Å². The van der Waals surface area contributed by atoms with Gasteiger partial charge in [0.1, 0.15) is 16.4 Å². The van der Waals surface area contributed by atoms with Crippen molar-refractivity contribution in [3.05, 3.63) is 64.7 Å². The molecule has 0 aliphatic carbocycles. The van der Waals surface area contributed by atoms with Crippen LogP contribution in [0.25, 0.3) is 0 Å². The van der Waals surface area contributed by atoms with Crippen LogP contribution in [0.2, 0.25) is 0 Å². The molecule has 176 valence electrons. The average Bonchev–Trinajstić information content (AvgIpc) is 3.53. The van der Waals surface area contributed by atoms with E-state index in [0.29, 0.717) is 29.4 Å². The zero-order valence-corrected chi connectivity index (χ0v) is 19.8. The number of H-pyrrole nitrogens is 1. The van der Waals surface area contributed by atoms with E-state index in [9.17, 15) is 14.4 Å². The Bertz CT molecular complexity index is 1210. The normalized spacial score (nSPS) is 14.1. The Hall–Kier alpha value is -3.51. The number of anilines is 1. The number of amides is 3. The molecule has 0 aromatic carbocycles. The molecule has 0 bridgehead atoms. The average molecular weight is 498 g/mol. The first-order valence-corrected chi connectivity index (χ1v) is 12.4. The van der Waals surface area contributed by atoms with Crippen molar-refractivity contribution >= 4 is 46.6 Å². The van der Waals surface area contributed by atoms with Gasteiger partial charge in [-0.25, -0.2) is 15.0 Å². The van der Waals surface area contributed by atoms with Gasteiger partial charge in [0.2, 0.25) is 0 Å². The second-order valence-electron chi connectivity index (χ2n) is 7.54. The lowest BCUT2D eigenvalue weighted by molar-refractivity contribution is 0.0708. The van der Waals surface area contributed by atoms with Crippen LogP contribution >= 0.6 is 23.1 Å². The van der Waals surface area contributed by atoms with Gasteiger partial charge in [0.15, 0.2) is 5.82 Å². The highest BCUT2D eigenvalue weighted by Gasteiger charge is 2.28. The number of nitrogens with one attached hydrogen (secondary N) is 2. The summed E-state index contributed by atoms with van der Waals surface area (Å²) in [6, 6.07) is 3.58. The molecule has 0 saturated carbocycles. The summed E-state index contributed by atoms with van der Waals surface area (Å²) in [6.45, 7) is 4.92. The smallest absolute Gasteiger partial charge is 0.276 e. The van der Waals surface area contributed by atoms with Crippen molar-refractivity contribution in [2.75, 3.05) is 24.2 Å². The zero-order chi connectivity index (χ0) is 24.1. The van der Waals surface area contributed by atoms with Crippen LogP contribution in [0.4, 0.5) is 5.82 Å². The predicted molar refractivity (Wildman–Crippen MR) is 130 cm³/mol. The molecule has 0 spiro atoms. The van der Waals surface area contributed by atoms with E-state index in [4.69, 9.17) is 5.73 Å². The highest BCUT2D eigenvalue weighted by molar-refractivity contribution is 7.99. The molecule has 0 unspecified atom stereocenters. The summed E-state index contributed by atoms with van der Waals surface area (Å²) in [6.07, 6.45) is 6.25. The number of piperidine rings is 1. The van der Waals surface area contributed by atoms with Gasteiger partial charge in [-0.3, -0.25) is 14.4 Å². The summed E-state index contributed by atoms with van der Waals surface area (Å²) in [5.74, 6) is -0.299.